The van der Waals surface area contributed by atoms with Gasteiger partial charge in [0.25, 0.3) is 0 Å². The highest BCUT2D eigenvalue weighted by Gasteiger charge is 2.35. The lowest BCUT2D eigenvalue weighted by atomic mass is 9.82. The third-order valence-electron chi connectivity index (χ3n) is 4.15. The molecule has 2 aliphatic heterocycles. The summed E-state index contributed by atoms with van der Waals surface area (Å²) in [6.45, 7) is 1.41. The summed E-state index contributed by atoms with van der Waals surface area (Å²) in [5.41, 5.74) is 1.41. The van der Waals surface area contributed by atoms with Crippen LogP contribution in [0.5, 0.6) is 0 Å². The van der Waals surface area contributed by atoms with Crippen LogP contribution in [-0.2, 0) is 4.74 Å². The highest BCUT2D eigenvalue weighted by molar-refractivity contribution is 5.97. The number of fused-ring (bicyclic) bond motifs is 3. The van der Waals surface area contributed by atoms with Crippen LogP contribution in [0.15, 0.2) is 24.7 Å². The predicted octanol–water partition coefficient (Wildman–Crippen LogP) is 0.679. The topological polar surface area (TPSA) is 68.5 Å². The van der Waals surface area contributed by atoms with Crippen molar-refractivity contribution in [3.05, 3.63) is 30.2 Å². The summed E-state index contributed by atoms with van der Waals surface area (Å²) in [6, 6.07) is 2.43. The minimum atomic E-state index is 0.0602. The molecule has 6 heteroatoms. The molecule has 2 bridgehead atoms. The van der Waals surface area contributed by atoms with Gasteiger partial charge in [0.05, 0.1) is 25.0 Å². The number of rotatable bonds is 2. The number of carbonyl (C=O) groups excluding carboxylic acids is 1. The predicted molar refractivity (Wildman–Crippen MR) is 71.6 cm³/mol. The second-order valence-electron chi connectivity index (χ2n) is 5.61. The third-order valence-corrected chi connectivity index (χ3v) is 4.15. The van der Waals surface area contributed by atoms with Gasteiger partial charge in [-0.15, -0.1) is 0 Å². The second kappa shape index (κ2) is 4.64. The summed E-state index contributed by atoms with van der Waals surface area (Å²) < 4.78 is 7.17. The number of hydrogen-bond acceptors (Lipinski definition) is 5. The average molecular weight is 272 g/mol. The molecule has 6 nitrogen and oxygen atoms in total. The van der Waals surface area contributed by atoms with Crippen molar-refractivity contribution >= 4 is 11.4 Å². The van der Waals surface area contributed by atoms with Gasteiger partial charge in [0, 0.05) is 36.5 Å². The Bertz CT molecular complexity index is 641. The number of piperidine rings is 1. The average Bonchev–Trinajstić information content (AvgIpc) is 2.93. The Morgan fingerprint density at radius 1 is 1.35 bits per heavy atom. The van der Waals surface area contributed by atoms with Crippen LogP contribution in [0.1, 0.15) is 23.2 Å². The van der Waals surface area contributed by atoms with Gasteiger partial charge in [-0.2, -0.15) is 5.10 Å². The van der Waals surface area contributed by atoms with Crippen molar-refractivity contribution in [2.24, 2.45) is 5.92 Å². The second-order valence-corrected chi connectivity index (χ2v) is 5.61. The molecule has 2 atom stereocenters. The summed E-state index contributed by atoms with van der Waals surface area (Å²) in [5.74, 6) is 0.235. The van der Waals surface area contributed by atoms with Gasteiger partial charge in [0.1, 0.15) is 0 Å². The molecule has 2 aliphatic rings. The first-order chi connectivity index (χ1) is 9.79. The van der Waals surface area contributed by atoms with E-state index in [1.807, 2.05) is 6.07 Å². The standard InChI is InChI=1S/C14H16N4O2/c19-14(9-3-11-7-20-8-12(4-9)17-11)10-5-15-13-1-2-16-18(13)6-10/h1-2,5-6,9,11-12,17H,3-4,7-8H2. The quantitative estimate of drug-likeness (QED) is 0.814. The van der Waals surface area contributed by atoms with Gasteiger partial charge in [-0.25, -0.2) is 9.50 Å². The molecule has 0 radical (unpaired) electrons. The van der Waals surface area contributed by atoms with Gasteiger partial charge in [0.2, 0.25) is 0 Å². The van der Waals surface area contributed by atoms with Gasteiger partial charge < -0.3 is 10.1 Å². The van der Waals surface area contributed by atoms with Gasteiger partial charge in [0.15, 0.2) is 11.4 Å². The molecule has 0 spiro atoms. The largest absolute Gasteiger partial charge is 0.378 e. The molecular weight excluding hydrogens is 256 g/mol. The van der Waals surface area contributed by atoms with E-state index in [1.54, 1.807) is 23.1 Å². The summed E-state index contributed by atoms with van der Waals surface area (Å²) in [4.78, 5) is 16.9. The summed E-state index contributed by atoms with van der Waals surface area (Å²) >= 11 is 0. The summed E-state index contributed by atoms with van der Waals surface area (Å²) in [5, 5.41) is 7.64. The van der Waals surface area contributed by atoms with Gasteiger partial charge >= 0.3 is 0 Å². The molecule has 2 unspecified atom stereocenters. The zero-order chi connectivity index (χ0) is 13.5. The molecule has 104 valence electrons. The van der Waals surface area contributed by atoms with Crippen LogP contribution >= 0.6 is 0 Å². The Hall–Kier alpha value is -1.79. The van der Waals surface area contributed by atoms with Crippen LogP contribution in [0, 0.1) is 5.92 Å². The van der Waals surface area contributed by atoms with Crippen LogP contribution in [0.3, 0.4) is 0 Å². The summed E-state index contributed by atoms with van der Waals surface area (Å²) in [6.07, 6.45) is 6.80. The number of aromatic nitrogens is 3. The maximum absolute atomic E-state index is 12.6. The normalized spacial score (nSPS) is 29.5. The van der Waals surface area contributed by atoms with Crippen LogP contribution in [-0.4, -0.2) is 45.7 Å². The van der Waals surface area contributed by atoms with Crippen LogP contribution in [0.2, 0.25) is 0 Å². The molecular formula is C14H16N4O2. The fraction of sp³-hybridized carbons (Fsp3) is 0.500. The minimum absolute atomic E-state index is 0.0602. The maximum atomic E-state index is 12.6. The highest BCUT2D eigenvalue weighted by atomic mass is 16.5. The number of nitrogens with zero attached hydrogens (tertiary/aromatic N) is 3. The Morgan fingerprint density at radius 3 is 2.95 bits per heavy atom. The molecule has 0 saturated carbocycles. The molecule has 2 saturated heterocycles. The number of Topliss-reactive ketones (excluding diaryl/α,β-unsaturated/α-hetero) is 1. The minimum Gasteiger partial charge on any atom is -0.378 e. The van der Waals surface area contributed by atoms with Crippen molar-refractivity contribution in [3.8, 4) is 0 Å². The summed E-state index contributed by atoms with van der Waals surface area (Å²) in [7, 11) is 0. The first-order valence-corrected chi connectivity index (χ1v) is 6.97. The lowest BCUT2D eigenvalue weighted by molar-refractivity contribution is 0.00951. The number of nitrogens with one attached hydrogen (secondary N) is 1. The lowest BCUT2D eigenvalue weighted by Crippen LogP contribution is -2.55. The smallest absolute Gasteiger partial charge is 0.169 e. The van der Waals surface area contributed by atoms with Crippen molar-refractivity contribution in [1.29, 1.82) is 0 Å². The fourth-order valence-electron chi connectivity index (χ4n) is 3.22. The number of carbonyl (C=O) groups is 1. The molecule has 2 aromatic heterocycles. The van der Waals surface area contributed by atoms with Gasteiger partial charge in [-0.05, 0) is 12.8 Å². The molecule has 4 rings (SSSR count). The van der Waals surface area contributed by atoms with E-state index in [2.05, 4.69) is 15.4 Å². The van der Waals surface area contributed by atoms with Crippen molar-refractivity contribution in [2.75, 3.05) is 13.2 Å². The zero-order valence-corrected chi connectivity index (χ0v) is 11.0. The SMILES string of the molecule is O=C(c1cnc2ccnn2c1)C1CC2COCC(C1)N2. The Balaban J connectivity index is 1.59. The monoisotopic (exact) mass is 272 g/mol. The molecule has 4 heterocycles. The van der Waals surface area contributed by atoms with E-state index in [4.69, 9.17) is 4.74 Å². The Kier molecular flexibility index (Phi) is 2.78. The number of ketones is 1. The van der Waals surface area contributed by atoms with Gasteiger partial charge in [-0.1, -0.05) is 0 Å². The fourth-order valence-corrected chi connectivity index (χ4v) is 3.22. The Morgan fingerprint density at radius 2 is 2.15 bits per heavy atom. The highest BCUT2D eigenvalue weighted by Crippen LogP contribution is 2.26. The van der Waals surface area contributed by atoms with Gasteiger partial charge in [-0.3, -0.25) is 4.79 Å². The first kappa shape index (κ1) is 12.0. The molecule has 0 aromatic carbocycles. The first-order valence-electron chi connectivity index (χ1n) is 6.97. The molecule has 2 fully saturated rings. The van der Waals surface area contributed by atoms with E-state index in [1.165, 1.54) is 0 Å². The van der Waals surface area contributed by atoms with Crippen molar-refractivity contribution in [3.63, 3.8) is 0 Å². The maximum Gasteiger partial charge on any atom is 0.169 e. The molecule has 0 aliphatic carbocycles. The Labute approximate surface area is 116 Å². The van der Waals surface area contributed by atoms with E-state index in [0.29, 0.717) is 30.9 Å². The van der Waals surface area contributed by atoms with Crippen LogP contribution < -0.4 is 5.32 Å². The van der Waals surface area contributed by atoms with E-state index in [-0.39, 0.29) is 11.7 Å². The molecule has 2 aromatic rings. The number of hydrogen-bond donors (Lipinski definition) is 1. The van der Waals surface area contributed by atoms with E-state index in [9.17, 15) is 4.79 Å². The number of morpholine rings is 1. The van der Waals surface area contributed by atoms with Crippen molar-refractivity contribution < 1.29 is 9.53 Å². The zero-order valence-electron chi connectivity index (χ0n) is 11.0. The molecule has 1 N–H and O–H groups in total. The lowest BCUT2D eigenvalue weighted by Gasteiger charge is -2.39. The van der Waals surface area contributed by atoms with E-state index in [0.717, 1.165) is 18.5 Å². The van der Waals surface area contributed by atoms with Crippen LogP contribution in [0.25, 0.3) is 5.65 Å². The van der Waals surface area contributed by atoms with Crippen LogP contribution in [0.4, 0.5) is 0 Å². The van der Waals surface area contributed by atoms with E-state index < -0.39 is 0 Å². The number of ether oxygens (including phenoxy) is 1. The van der Waals surface area contributed by atoms with Crippen molar-refractivity contribution in [1.82, 2.24) is 19.9 Å². The molecule has 20 heavy (non-hydrogen) atoms. The molecule has 0 amide bonds. The third kappa shape index (κ3) is 2.01. The van der Waals surface area contributed by atoms with Crippen molar-refractivity contribution in [2.45, 2.75) is 24.9 Å². The van der Waals surface area contributed by atoms with E-state index >= 15 is 0 Å².